The Morgan fingerprint density at radius 1 is 1.04 bits per heavy atom. The fraction of sp³-hybridized carbons (Fsp3) is 0.708. The standard InChI is InChI=1S/C21H34ClNO.C2H6.CH5N/c1-5-8-10-19(17-11-13-18(22)14-12-17)20(9-6-2)23-21(24)15-16(4)7-3;2*1-2/h11-14,16,19-20H,5-10,15H2,1-4H3,(H,23,24);1-2H3;2H2,1H3. The topological polar surface area (TPSA) is 55.1 Å². The van der Waals surface area contributed by atoms with Crippen LogP contribution in [0.3, 0.4) is 0 Å². The highest BCUT2D eigenvalue weighted by Crippen LogP contribution is 2.29. The maximum Gasteiger partial charge on any atom is 0.220 e. The zero-order chi connectivity index (χ0) is 21.9. The van der Waals surface area contributed by atoms with Gasteiger partial charge in [0.2, 0.25) is 5.91 Å². The smallest absolute Gasteiger partial charge is 0.220 e. The average molecular weight is 413 g/mol. The van der Waals surface area contributed by atoms with Crippen LogP contribution >= 0.6 is 11.6 Å². The number of nitrogens with two attached hydrogens (primary N) is 1. The number of nitrogens with one attached hydrogen (secondary N) is 1. The number of hydrogen-bond acceptors (Lipinski definition) is 2. The molecule has 0 fully saturated rings. The Labute approximate surface area is 179 Å². The third kappa shape index (κ3) is 12.4. The first-order chi connectivity index (χ1) is 13.5. The Bertz CT molecular complexity index is 476. The predicted octanol–water partition coefficient (Wildman–Crippen LogP) is 6.94. The number of carbonyl (C=O) groups is 1. The minimum Gasteiger partial charge on any atom is -0.353 e. The first-order valence-corrected chi connectivity index (χ1v) is 11.5. The minimum absolute atomic E-state index is 0.193. The lowest BCUT2D eigenvalue weighted by Crippen LogP contribution is -2.40. The largest absolute Gasteiger partial charge is 0.353 e. The highest BCUT2D eigenvalue weighted by atomic mass is 35.5. The van der Waals surface area contributed by atoms with Gasteiger partial charge < -0.3 is 11.1 Å². The van der Waals surface area contributed by atoms with E-state index in [2.05, 4.69) is 50.9 Å². The van der Waals surface area contributed by atoms with Crippen molar-refractivity contribution in [2.24, 2.45) is 11.7 Å². The average Bonchev–Trinajstić information content (AvgIpc) is 2.72. The van der Waals surface area contributed by atoms with Crippen molar-refractivity contribution in [1.82, 2.24) is 5.32 Å². The molecule has 3 N–H and O–H groups in total. The van der Waals surface area contributed by atoms with E-state index in [0.717, 1.165) is 30.7 Å². The van der Waals surface area contributed by atoms with E-state index in [4.69, 9.17) is 11.6 Å². The molecule has 0 spiro atoms. The Morgan fingerprint density at radius 2 is 1.61 bits per heavy atom. The van der Waals surface area contributed by atoms with E-state index in [1.165, 1.54) is 25.5 Å². The quantitative estimate of drug-likeness (QED) is 0.413. The van der Waals surface area contributed by atoms with E-state index in [1.54, 1.807) is 0 Å². The van der Waals surface area contributed by atoms with Crippen molar-refractivity contribution in [2.45, 2.75) is 98.4 Å². The third-order valence-corrected chi connectivity index (χ3v) is 5.08. The summed E-state index contributed by atoms with van der Waals surface area (Å²) < 4.78 is 0. The van der Waals surface area contributed by atoms with Crippen molar-refractivity contribution in [3.05, 3.63) is 34.9 Å². The highest BCUT2D eigenvalue weighted by Gasteiger charge is 2.24. The zero-order valence-electron chi connectivity index (χ0n) is 19.4. The molecule has 0 saturated heterocycles. The minimum atomic E-state index is 0.193. The summed E-state index contributed by atoms with van der Waals surface area (Å²) in [5.41, 5.74) is 5.79. The van der Waals surface area contributed by atoms with Crippen LogP contribution in [0.15, 0.2) is 24.3 Å². The van der Waals surface area contributed by atoms with Gasteiger partial charge >= 0.3 is 0 Å². The van der Waals surface area contributed by atoms with Crippen LogP contribution in [0, 0.1) is 5.92 Å². The van der Waals surface area contributed by atoms with Gasteiger partial charge in [0, 0.05) is 23.4 Å². The molecule has 3 unspecified atom stereocenters. The molecule has 0 aliphatic rings. The molecule has 1 aromatic rings. The maximum absolute atomic E-state index is 12.4. The lowest BCUT2D eigenvalue weighted by molar-refractivity contribution is -0.122. The fourth-order valence-electron chi connectivity index (χ4n) is 3.15. The monoisotopic (exact) mass is 412 g/mol. The summed E-state index contributed by atoms with van der Waals surface area (Å²) in [5, 5.41) is 4.10. The van der Waals surface area contributed by atoms with Gasteiger partial charge in [0.15, 0.2) is 0 Å². The van der Waals surface area contributed by atoms with Crippen LogP contribution in [0.1, 0.15) is 98.0 Å². The predicted molar refractivity (Wildman–Crippen MR) is 126 cm³/mol. The van der Waals surface area contributed by atoms with Gasteiger partial charge in [-0.25, -0.2) is 0 Å². The zero-order valence-corrected chi connectivity index (χ0v) is 20.1. The molecule has 0 aromatic heterocycles. The lowest BCUT2D eigenvalue weighted by Gasteiger charge is -2.29. The Balaban J connectivity index is 0. The molecule has 3 nitrogen and oxygen atoms in total. The summed E-state index contributed by atoms with van der Waals surface area (Å²) in [5.74, 6) is 0.998. The van der Waals surface area contributed by atoms with Crippen molar-refractivity contribution < 1.29 is 4.79 Å². The molecular formula is C24H45ClN2O. The third-order valence-electron chi connectivity index (χ3n) is 4.83. The molecule has 0 bridgehead atoms. The molecule has 1 rings (SSSR count). The molecule has 0 aliphatic heterocycles. The number of rotatable bonds is 11. The molecule has 1 amide bonds. The second-order valence-electron chi connectivity index (χ2n) is 6.98. The van der Waals surface area contributed by atoms with E-state index in [0.29, 0.717) is 18.3 Å². The number of hydrogen-bond donors (Lipinski definition) is 2. The molecule has 0 aliphatic carbocycles. The van der Waals surface area contributed by atoms with Gasteiger partial charge in [0.1, 0.15) is 0 Å². The van der Waals surface area contributed by atoms with Gasteiger partial charge in [-0.05, 0) is 43.5 Å². The van der Waals surface area contributed by atoms with Crippen LogP contribution in [0.4, 0.5) is 0 Å². The Morgan fingerprint density at radius 3 is 2.07 bits per heavy atom. The fourth-order valence-corrected chi connectivity index (χ4v) is 3.27. The summed E-state index contributed by atoms with van der Waals surface area (Å²) in [6.45, 7) is 12.7. The summed E-state index contributed by atoms with van der Waals surface area (Å²) in [6.07, 6.45) is 7.21. The normalized spacial score (nSPS) is 13.2. The van der Waals surface area contributed by atoms with Crippen LogP contribution in [-0.4, -0.2) is 19.0 Å². The molecule has 164 valence electrons. The molecule has 4 heteroatoms. The Hall–Kier alpha value is -1.06. The van der Waals surface area contributed by atoms with E-state index < -0.39 is 0 Å². The molecule has 0 radical (unpaired) electrons. The lowest BCUT2D eigenvalue weighted by atomic mass is 9.84. The van der Waals surface area contributed by atoms with Crippen molar-refractivity contribution in [3.63, 3.8) is 0 Å². The molecular weight excluding hydrogens is 368 g/mol. The number of benzene rings is 1. The number of halogens is 1. The Kier molecular flexibility index (Phi) is 20.1. The van der Waals surface area contributed by atoms with Gasteiger partial charge in [-0.1, -0.05) is 91.0 Å². The number of amides is 1. The SMILES string of the molecule is CC.CCCCC(c1ccc(Cl)cc1)C(CCC)NC(=O)CC(C)CC.CN. The molecule has 28 heavy (non-hydrogen) atoms. The van der Waals surface area contributed by atoms with Gasteiger partial charge in [-0.3, -0.25) is 4.79 Å². The number of carbonyl (C=O) groups excluding carboxylic acids is 1. The first-order valence-electron chi connectivity index (χ1n) is 11.1. The van der Waals surface area contributed by atoms with Crippen LogP contribution in [0.2, 0.25) is 5.02 Å². The van der Waals surface area contributed by atoms with E-state index in [1.807, 2.05) is 26.0 Å². The summed E-state index contributed by atoms with van der Waals surface area (Å²) >= 11 is 6.05. The molecule has 3 atom stereocenters. The van der Waals surface area contributed by atoms with Crippen LogP contribution in [-0.2, 0) is 4.79 Å². The maximum atomic E-state index is 12.4. The van der Waals surface area contributed by atoms with Crippen molar-refractivity contribution >= 4 is 17.5 Å². The summed E-state index contributed by atoms with van der Waals surface area (Å²) in [6, 6.07) is 8.36. The van der Waals surface area contributed by atoms with Crippen LogP contribution in [0.25, 0.3) is 0 Å². The first kappa shape index (κ1) is 29.1. The van der Waals surface area contributed by atoms with Gasteiger partial charge in [0.05, 0.1) is 0 Å². The van der Waals surface area contributed by atoms with E-state index in [9.17, 15) is 4.79 Å². The van der Waals surface area contributed by atoms with Crippen LogP contribution < -0.4 is 11.1 Å². The van der Waals surface area contributed by atoms with Gasteiger partial charge in [0.25, 0.3) is 0 Å². The summed E-state index contributed by atoms with van der Waals surface area (Å²) in [7, 11) is 1.50. The second kappa shape index (κ2) is 19.3. The second-order valence-corrected chi connectivity index (χ2v) is 7.42. The van der Waals surface area contributed by atoms with Gasteiger partial charge in [-0.15, -0.1) is 0 Å². The molecule has 1 aromatic carbocycles. The van der Waals surface area contributed by atoms with E-state index in [-0.39, 0.29) is 11.9 Å². The molecule has 0 heterocycles. The highest BCUT2D eigenvalue weighted by molar-refractivity contribution is 6.30. The molecule has 0 saturated carbocycles. The van der Waals surface area contributed by atoms with Crippen LogP contribution in [0.5, 0.6) is 0 Å². The van der Waals surface area contributed by atoms with Crippen molar-refractivity contribution in [1.29, 1.82) is 0 Å². The van der Waals surface area contributed by atoms with Crippen molar-refractivity contribution in [3.8, 4) is 0 Å². The van der Waals surface area contributed by atoms with E-state index >= 15 is 0 Å². The number of unbranched alkanes of at least 4 members (excludes halogenated alkanes) is 1. The van der Waals surface area contributed by atoms with Crippen molar-refractivity contribution in [2.75, 3.05) is 7.05 Å². The summed E-state index contributed by atoms with van der Waals surface area (Å²) in [4.78, 5) is 12.4. The van der Waals surface area contributed by atoms with Gasteiger partial charge in [-0.2, -0.15) is 0 Å².